The largest absolute Gasteiger partial charge is 0.411 e. The van der Waals surface area contributed by atoms with Gasteiger partial charge in [-0.05, 0) is 45.3 Å². The number of nitrogens with zero attached hydrogens (tertiary/aromatic N) is 2. The van der Waals surface area contributed by atoms with Crippen molar-refractivity contribution in [1.82, 2.24) is 4.90 Å². The van der Waals surface area contributed by atoms with Crippen molar-refractivity contribution in [1.29, 1.82) is 0 Å². The normalized spacial score (nSPS) is 16.5. The topological polar surface area (TPSA) is 35.8 Å². The predicted octanol–water partition coefficient (Wildman–Crippen LogP) is 3.01. The summed E-state index contributed by atoms with van der Waals surface area (Å²) < 4.78 is 0. The van der Waals surface area contributed by atoms with Crippen molar-refractivity contribution in [2.24, 2.45) is 5.16 Å². The first kappa shape index (κ1) is 15.5. The molecule has 1 heterocycles. The molecule has 0 spiro atoms. The second-order valence-corrected chi connectivity index (χ2v) is 6.42. The smallest absolute Gasteiger partial charge is 0.0868 e. The Balaban J connectivity index is 1.76. The van der Waals surface area contributed by atoms with Gasteiger partial charge in [0.05, 0.1) is 12.3 Å². The van der Waals surface area contributed by atoms with Crippen LogP contribution < -0.4 is 10.4 Å². The minimum Gasteiger partial charge on any atom is -0.411 e. The summed E-state index contributed by atoms with van der Waals surface area (Å²) in [5, 5.41) is 17.2. The highest BCUT2D eigenvalue weighted by Crippen LogP contribution is 2.23. The van der Waals surface area contributed by atoms with Gasteiger partial charge >= 0.3 is 0 Å². The first-order valence-electron chi connectivity index (χ1n) is 8.45. The summed E-state index contributed by atoms with van der Waals surface area (Å²) in [6.07, 6.45) is 5.85. The summed E-state index contributed by atoms with van der Waals surface area (Å²) in [5.74, 6) is 0. The van der Waals surface area contributed by atoms with Gasteiger partial charge in [0.25, 0.3) is 0 Å². The van der Waals surface area contributed by atoms with Crippen LogP contribution in [0.15, 0.2) is 65.8 Å². The summed E-state index contributed by atoms with van der Waals surface area (Å²) in [7, 11) is 0. The van der Waals surface area contributed by atoms with Gasteiger partial charge in [-0.3, -0.25) is 0 Å². The third kappa shape index (κ3) is 2.89. The Hall–Kier alpha value is -3.07. The van der Waals surface area contributed by atoms with Crippen molar-refractivity contribution in [3.63, 3.8) is 0 Å². The van der Waals surface area contributed by atoms with Crippen LogP contribution in [0.25, 0.3) is 23.0 Å². The molecule has 0 amide bonds. The lowest BCUT2D eigenvalue weighted by atomic mass is 9.99. The lowest BCUT2D eigenvalue weighted by molar-refractivity contribution is 0.314. The second kappa shape index (κ2) is 6.44. The zero-order valence-electron chi connectivity index (χ0n) is 14.1. The van der Waals surface area contributed by atoms with E-state index < -0.39 is 0 Å². The van der Waals surface area contributed by atoms with E-state index in [4.69, 9.17) is 5.21 Å². The van der Waals surface area contributed by atoms with Crippen LogP contribution in [-0.4, -0.2) is 22.4 Å². The quantitative estimate of drug-likeness (QED) is 0.456. The first-order valence-corrected chi connectivity index (χ1v) is 8.45. The molecule has 3 aromatic carbocycles. The van der Waals surface area contributed by atoms with Gasteiger partial charge in [-0.15, -0.1) is 0 Å². The van der Waals surface area contributed by atoms with E-state index in [-0.39, 0.29) is 6.04 Å². The van der Waals surface area contributed by atoms with Gasteiger partial charge in [0.2, 0.25) is 0 Å². The monoisotopic (exact) mass is 328 g/mol. The lowest BCUT2D eigenvalue weighted by Crippen LogP contribution is -2.41. The van der Waals surface area contributed by atoms with E-state index in [1.54, 1.807) is 6.21 Å². The predicted molar refractivity (Wildman–Crippen MR) is 103 cm³/mol. The van der Waals surface area contributed by atoms with Crippen molar-refractivity contribution in [3.05, 3.63) is 82.2 Å². The molecule has 3 nitrogen and oxygen atoms in total. The summed E-state index contributed by atoms with van der Waals surface area (Å²) in [6, 6.07) is 21.0. The lowest BCUT2D eigenvalue weighted by Gasteiger charge is -2.29. The number of hydrogen-bond acceptors (Lipinski definition) is 3. The Labute approximate surface area is 146 Å². The number of aryl methyl sites for hydroxylation is 1. The van der Waals surface area contributed by atoms with Gasteiger partial charge in [-0.1, -0.05) is 65.8 Å². The SMILES string of the molecule is Cc1c(CN2C=c3ccccc3=CC2/C=N/O)ccc2ccccc12. The molecule has 0 fully saturated rings. The summed E-state index contributed by atoms with van der Waals surface area (Å²) in [5.41, 5.74) is 2.57. The van der Waals surface area contributed by atoms with Crippen LogP contribution in [0.2, 0.25) is 0 Å². The average Bonchev–Trinajstić information content (AvgIpc) is 2.65. The van der Waals surface area contributed by atoms with Crippen molar-refractivity contribution in [3.8, 4) is 0 Å². The molecular weight excluding hydrogens is 308 g/mol. The van der Waals surface area contributed by atoms with Gasteiger partial charge < -0.3 is 10.1 Å². The molecular formula is C22H20N2O. The fourth-order valence-corrected chi connectivity index (χ4v) is 3.51. The molecule has 0 aromatic heterocycles. The molecule has 0 bridgehead atoms. The standard InChI is InChI=1S/C22H20N2O/c1-16-19(11-10-17-6-4-5-9-22(16)17)14-24-15-20-8-3-2-7-18(20)12-21(24)13-23-25/h2-13,15,21,25H,14H2,1H3/b23-13+. The minimum absolute atomic E-state index is 0.0641. The van der Waals surface area contributed by atoms with Crippen LogP contribution >= 0.6 is 0 Å². The Morgan fingerprint density at radius 3 is 2.60 bits per heavy atom. The van der Waals surface area contributed by atoms with E-state index in [2.05, 4.69) is 77.8 Å². The Morgan fingerprint density at radius 2 is 1.76 bits per heavy atom. The maximum atomic E-state index is 9.06. The molecule has 0 aliphatic carbocycles. The Morgan fingerprint density at radius 1 is 1.00 bits per heavy atom. The van der Waals surface area contributed by atoms with Gasteiger partial charge in [-0.25, -0.2) is 0 Å². The molecule has 3 heteroatoms. The molecule has 1 aliphatic rings. The molecule has 1 atom stereocenters. The third-order valence-electron chi connectivity index (χ3n) is 4.92. The molecule has 25 heavy (non-hydrogen) atoms. The molecule has 0 radical (unpaired) electrons. The van der Waals surface area contributed by atoms with Crippen LogP contribution in [0, 0.1) is 6.92 Å². The number of oxime groups is 1. The van der Waals surface area contributed by atoms with Crippen LogP contribution in [0.1, 0.15) is 11.1 Å². The fourth-order valence-electron chi connectivity index (χ4n) is 3.51. The summed E-state index contributed by atoms with van der Waals surface area (Å²) in [6.45, 7) is 2.94. The van der Waals surface area contributed by atoms with Gasteiger partial charge in [0, 0.05) is 12.7 Å². The number of fused-ring (bicyclic) bond motifs is 2. The number of hydrogen-bond donors (Lipinski definition) is 1. The van der Waals surface area contributed by atoms with Crippen molar-refractivity contribution in [2.45, 2.75) is 19.5 Å². The fraction of sp³-hybridized carbons (Fsp3) is 0.136. The van der Waals surface area contributed by atoms with Crippen molar-refractivity contribution >= 4 is 29.3 Å². The third-order valence-corrected chi connectivity index (χ3v) is 4.92. The molecule has 3 aromatic rings. The first-order chi connectivity index (χ1) is 12.3. The van der Waals surface area contributed by atoms with Crippen LogP contribution in [0.4, 0.5) is 0 Å². The summed E-state index contributed by atoms with van der Waals surface area (Å²) >= 11 is 0. The van der Waals surface area contributed by atoms with Gasteiger partial charge in [0.15, 0.2) is 0 Å². The average molecular weight is 328 g/mol. The van der Waals surface area contributed by atoms with Crippen LogP contribution in [0.5, 0.6) is 0 Å². The van der Waals surface area contributed by atoms with Gasteiger partial charge in [0.1, 0.15) is 0 Å². The van der Waals surface area contributed by atoms with E-state index in [0.717, 1.165) is 6.54 Å². The van der Waals surface area contributed by atoms with E-state index in [9.17, 15) is 0 Å². The minimum atomic E-state index is -0.0641. The van der Waals surface area contributed by atoms with Crippen molar-refractivity contribution in [2.75, 3.05) is 0 Å². The van der Waals surface area contributed by atoms with Crippen LogP contribution in [-0.2, 0) is 6.54 Å². The maximum absolute atomic E-state index is 9.06. The molecule has 1 aliphatic heterocycles. The molecule has 0 saturated carbocycles. The van der Waals surface area contributed by atoms with Crippen LogP contribution in [0.3, 0.4) is 0 Å². The van der Waals surface area contributed by atoms with E-state index in [0.29, 0.717) is 0 Å². The number of benzene rings is 3. The molecule has 1 unspecified atom stereocenters. The molecule has 1 N–H and O–H groups in total. The Bertz CT molecular complexity index is 1070. The number of rotatable bonds is 3. The molecule has 124 valence electrons. The zero-order chi connectivity index (χ0) is 17.2. The van der Waals surface area contributed by atoms with E-state index >= 15 is 0 Å². The Kier molecular flexibility index (Phi) is 3.98. The second-order valence-electron chi connectivity index (χ2n) is 6.42. The highest BCUT2D eigenvalue weighted by atomic mass is 16.4. The summed E-state index contributed by atoms with van der Waals surface area (Å²) in [4.78, 5) is 2.21. The van der Waals surface area contributed by atoms with Crippen molar-refractivity contribution < 1.29 is 5.21 Å². The zero-order valence-corrected chi connectivity index (χ0v) is 14.1. The highest BCUT2D eigenvalue weighted by Gasteiger charge is 2.16. The molecule has 0 saturated heterocycles. The van der Waals surface area contributed by atoms with Gasteiger partial charge in [-0.2, -0.15) is 0 Å². The maximum Gasteiger partial charge on any atom is 0.0868 e. The van der Waals surface area contributed by atoms with E-state index in [1.807, 2.05) is 12.1 Å². The highest BCUT2D eigenvalue weighted by molar-refractivity contribution is 5.86. The van der Waals surface area contributed by atoms with E-state index in [1.165, 1.54) is 32.3 Å². The molecule has 4 rings (SSSR count).